The highest BCUT2D eigenvalue weighted by Crippen LogP contribution is 2.25. The molecule has 0 radical (unpaired) electrons. The maximum Gasteiger partial charge on any atom is 0.284 e. The normalized spacial score (nSPS) is 10.8. The number of aromatic nitrogens is 1. The van der Waals surface area contributed by atoms with Gasteiger partial charge in [-0.1, -0.05) is 6.07 Å². The van der Waals surface area contributed by atoms with Crippen molar-refractivity contribution < 1.29 is 4.92 Å². The molecular formula is C11H9BrN4O2S. The maximum absolute atomic E-state index is 10.8. The molecule has 0 unspecified atom stereocenters. The zero-order valence-electron chi connectivity index (χ0n) is 9.83. The molecule has 0 aliphatic carbocycles. The third-order valence-corrected chi connectivity index (χ3v) is 3.70. The molecule has 2 rings (SSSR count). The molecule has 0 fully saturated rings. The number of halogens is 1. The molecule has 1 N–H and O–H groups in total. The summed E-state index contributed by atoms with van der Waals surface area (Å²) in [5.41, 5.74) is 4.33. The van der Waals surface area contributed by atoms with Crippen LogP contribution in [0.25, 0.3) is 0 Å². The van der Waals surface area contributed by atoms with Crippen LogP contribution in [0, 0.1) is 17.0 Å². The van der Waals surface area contributed by atoms with E-state index in [9.17, 15) is 10.1 Å². The first-order chi connectivity index (χ1) is 9.06. The number of thiazole rings is 1. The molecule has 0 aliphatic heterocycles. The van der Waals surface area contributed by atoms with Crippen LogP contribution in [0.4, 0.5) is 10.8 Å². The van der Waals surface area contributed by atoms with Gasteiger partial charge in [0.1, 0.15) is 0 Å². The molecule has 8 heteroatoms. The quantitative estimate of drug-likeness (QED) is 0.524. The number of rotatable bonds is 4. The molecule has 98 valence electrons. The molecule has 0 spiro atoms. The molecule has 19 heavy (non-hydrogen) atoms. The molecule has 0 amide bonds. The summed E-state index contributed by atoms with van der Waals surface area (Å²) < 4.78 is 0.443. The van der Waals surface area contributed by atoms with E-state index >= 15 is 0 Å². The Balaban J connectivity index is 2.10. The van der Waals surface area contributed by atoms with Gasteiger partial charge in [0.25, 0.3) is 5.69 Å². The van der Waals surface area contributed by atoms with Crippen molar-refractivity contribution in [3.05, 3.63) is 49.4 Å². The lowest BCUT2D eigenvalue weighted by Gasteiger charge is -1.97. The van der Waals surface area contributed by atoms with Crippen LogP contribution >= 0.6 is 27.3 Å². The number of hydrogen-bond acceptors (Lipinski definition) is 6. The van der Waals surface area contributed by atoms with Gasteiger partial charge in [-0.15, -0.1) is 11.3 Å². The zero-order chi connectivity index (χ0) is 13.8. The Morgan fingerprint density at radius 3 is 3.00 bits per heavy atom. The van der Waals surface area contributed by atoms with Gasteiger partial charge in [-0.25, -0.2) is 4.98 Å². The van der Waals surface area contributed by atoms with Crippen molar-refractivity contribution in [2.75, 3.05) is 5.43 Å². The Morgan fingerprint density at radius 1 is 1.58 bits per heavy atom. The molecule has 6 nitrogen and oxygen atoms in total. The molecular weight excluding hydrogens is 332 g/mol. The Hall–Kier alpha value is -1.80. The number of benzene rings is 1. The largest absolute Gasteiger partial charge is 0.284 e. The minimum Gasteiger partial charge on any atom is -0.258 e. The second-order valence-corrected chi connectivity index (χ2v) is 5.34. The molecule has 0 bridgehead atoms. The molecule has 0 saturated heterocycles. The van der Waals surface area contributed by atoms with Crippen molar-refractivity contribution in [3.63, 3.8) is 0 Å². The maximum atomic E-state index is 10.8. The standard InChI is InChI=1S/C11H9BrN4O2S/c1-7-6-19-11(14-7)15-13-5-8-2-3-9(12)10(4-8)16(17)18/h2-6H,1H3,(H,14,15). The van der Waals surface area contributed by atoms with E-state index in [0.717, 1.165) is 5.69 Å². The summed E-state index contributed by atoms with van der Waals surface area (Å²) in [6, 6.07) is 4.80. The average Bonchev–Trinajstić information content (AvgIpc) is 2.77. The van der Waals surface area contributed by atoms with E-state index in [1.165, 1.54) is 23.6 Å². The van der Waals surface area contributed by atoms with Crippen molar-refractivity contribution >= 4 is 44.3 Å². The molecule has 0 atom stereocenters. The Labute approximate surface area is 121 Å². The van der Waals surface area contributed by atoms with E-state index in [-0.39, 0.29) is 5.69 Å². The van der Waals surface area contributed by atoms with E-state index in [1.54, 1.807) is 12.1 Å². The molecule has 2 aromatic rings. The summed E-state index contributed by atoms with van der Waals surface area (Å²) in [4.78, 5) is 14.5. The number of nitro benzene ring substituents is 1. The van der Waals surface area contributed by atoms with Crippen LogP contribution in [0.15, 0.2) is 33.2 Å². The number of nitrogens with one attached hydrogen (secondary N) is 1. The van der Waals surface area contributed by atoms with Crippen molar-refractivity contribution in [1.29, 1.82) is 0 Å². The number of nitro groups is 1. The highest BCUT2D eigenvalue weighted by molar-refractivity contribution is 9.10. The monoisotopic (exact) mass is 340 g/mol. The highest BCUT2D eigenvalue weighted by Gasteiger charge is 2.11. The second kappa shape index (κ2) is 5.89. The molecule has 1 aromatic heterocycles. The van der Waals surface area contributed by atoms with Crippen LogP contribution in [0.5, 0.6) is 0 Å². The molecule has 0 aliphatic rings. The Bertz CT molecular complexity index is 641. The second-order valence-electron chi connectivity index (χ2n) is 3.63. The van der Waals surface area contributed by atoms with E-state index < -0.39 is 4.92 Å². The highest BCUT2D eigenvalue weighted by atomic mass is 79.9. The van der Waals surface area contributed by atoms with E-state index in [2.05, 4.69) is 31.4 Å². The van der Waals surface area contributed by atoms with Crippen LogP contribution in [0.2, 0.25) is 0 Å². The predicted molar refractivity (Wildman–Crippen MR) is 78.9 cm³/mol. The van der Waals surface area contributed by atoms with Crippen molar-refractivity contribution in [1.82, 2.24) is 4.98 Å². The van der Waals surface area contributed by atoms with Crippen LogP contribution in [-0.4, -0.2) is 16.1 Å². The fourth-order valence-electron chi connectivity index (χ4n) is 1.32. The smallest absolute Gasteiger partial charge is 0.258 e. The number of hydrogen-bond donors (Lipinski definition) is 1. The molecule has 1 aromatic carbocycles. The first-order valence-corrected chi connectivity index (χ1v) is 6.88. The average molecular weight is 341 g/mol. The lowest BCUT2D eigenvalue weighted by molar-refractivity contribution is -0.385. The van der Waals surface area contributed by atoms with Gasteiger partial charge >= 0.3 is 0 Å². The van der Waals surface area contributed by atoms with E-state index in [1.807, 2.05) is 12.3 Å². The van der Waals surface area contributed by atoms with Gasteiger partial charge in [0.15, 0.2) is 0 Å². The topological polar surface area (TPSA) is 80.4 Å². The first-order valence-electron chi connectivity index (χ1n) is 5.21. The summed E-state index contributed by atoms with van der Waals surface area (Å²) in [5.74, 6) is 0. The third-order valence-electron chi connectivity index (χ3n) is 2.16. The van der Waals surface area contributed by atoms with Gasteiger partial charge in [0.05, 0.1) is 21.3 Å². The SMILES string of the molecule is Cc1csc(NN=Cc2ccc(Br)c([N+](=O)[O-])c2)n1. The van der Waals surface area contributed by atoms with Crippen LogP contribution < -0.4 is 5.43 Å². The summed E-state index contributed by atoms with van der Waals surface area (Å²) in [5, 5.41) is 17.4. The zero-order valence-corrected chi connectivity index (χ0v) is 12.2. The lowest BCUT2D eigenvalue weighted by atomic mass is 10.2. The number of hydrazone groups is 1. The summed E-state index contributed by atoms with van der Waals surface area (Å²) in [6.45, 7) is 1.89. The van der Waals surface area contributed by atoms with Gasteiger partial charge in [-0.3, -0.25) is 15.5 Å². The Morgan fingerprint density at radius 2 is 2.37 bits per heavy atom. The summed E-state index contributed by atoms with van der Waals surface area (Å²) >= 11 is 4.57. The van der Waals surface area contributed by atoms with E-state index in [4.69, 9.17) is 0 Å². The van der Waals surface area contributed by atoms with Crippen molar-refractivity contribution in [2.45, 2.75) is 6.92 Å². The Kier molecular flexibility index (Phi) is 4.23. The van der Waals surface area contributed by atoms with Crippen molar-refractivity contribution in [3.8, 4) is 0 Å². The van der Waals surface area contributed by atoms with Gasteiger partial charge in [-0.05, 0) is 28.9 Å². The number of anilines is 1. The third kappa shape index (κ3) is 3.58. The predicted octanol–water partition coefficient (Wildman–Crippen LogP) is 3.57. The van der Waals surface area contributed by atoms with Gasteiger partial charge in [-0.2, -0.15) is 5.10 Å². The van der Waals surface area contributed by atoms with Gasteiger partial charge in [0, 0.05) is 17.0 Å². The lowest BCUT2D eigenvalue weighted by Crippen LogP contribution is -1.93. The van der Waals surface area contributed by atoms with Crippen LogP contribution in [-0.2, 0) is 0 Å². The number of aryl methyl sites for hydroxylation is 1. The first kappa shape index (κ1) is 13.6. The van der Waals surface area contributed by atoms with Crippen LogP contribution in [0.1, 0.15) is 11.3 Å². The summed E-state index contributed by atoms with van der Waals surface area (Å²) in [7, 11) is 0. The summed E-state index contributed by atoms with van der Waals surface area (Å²) in [6.07, 6.45) is 1.51. The fraction of sp³-hybridized carbons (Fsp3) is 0.0909. The van der Waals surface area contributed by atoms with E-state index in [0.29, 0.717) is 15.2 Å². The van der Waals surface area contributed by atoms with Crippen LogP contribution in [0.3, 0.4) is 0 Å². The van der Waals surface area contributed by atoms with Gasteiger partial charge < -0.3 is 0 Å². The molecule has 0 saturated carbocycles. The number of nitrogens with zero attached hydrogens (tertiary/aromatic N) is 3. The van der Waals surface area contributed by atoms with Gasteiger partial charge in [0.2, 0.25) is 5.13 Å². The fourth-order valence-corrected chi connectivity index (χ4v) is 2.35. The van der Waals surface area contributed by atoms with Crippen molar-refractivity contribution in [2.24, 2.45) is 5.10 Å². The minimum absolute atomic E-state index is 0.00837. The molecule has 1 heterocycles. The minimum atomic E-state index is -0.445.